The van der Waals surface area contributed by atoms with E-state index in [9.17, 15) is 4.79 Å². The number of rotatable bonds is 7. The molecule has 1 aliphatic rings. The van der Waals surface area contributed by atoms with Crippen LogP contribution in [0.25, 0.3) is 0 Å². The van der Waals surface area contributed by atoms with Crippen LogP contribution in [-0.4, -0.2) is 70.7 Å². The first-order chi connectivity index (χ1) is 15.0. The molecule has 2 aromatic carbocycles. The van der Waals surface area contributed by atoms with E-state index in [1.165, 1.54) is 0 Å². The van der Waals surface area contributed by atoms with Gasteiger partial charge in [-0.05, 0) is 42.7 Å². The molecule has 1 amide bonds. The second kappa shape index (κ2) is 10.7. The minimum absolute atomic E-state index is 0.0214. The maximum absolute atomic E-state index is 12.2. The van der Waals surface area contributed by atoms with Crippen molar-refractivity contribution in [1.29, 1.82) is 0 Å². The zero-order chi connectivity index (χ0) is 22.2. The van der Waals surface area contributed by atoms with Gasteiger partial charge in [-0.2, -0.15) is 0 Å². The third-order valence-corrected chi connectivity index (χ3v) is 5.46. The van der Waals surface area contributed by atoms with E-state index in [1.807, 2.05) is 42.5 Å². The first kappa shape index (κ1) is 22.5. The monoisotopic (exact) mass is 423 g/mol. The number of carbonyl (C=O) groups excluding carboxylic acids is 1. The standard InChI is InChI=1S/C24H33N5O2/c1-25-24(26-14-12-18-8-7-9-19(16-18)23(30)28(2)3)27-20-13-15-29(17-20)21-10-5-6-11-22(21)31-4/h5-11,16,20H,12-15,17H2,1-4H3,(H2,25,26,27). The summed E-state index contributed by atoms with van der Waals surface area (Å²) in [6, 6.07) is 16.2. The summed E-state index contributed by atoms with van der Waals surface area (Å²) in [5.41, 5.74) is 2.97. The van der Waals surface area contributed by atoms with Gasteiger partial charge in [0.25, 0.3) is 5.91 Å². The van der Waals surface area contributed by atoms with Gasteiger partial charge in [-0.1, -0.05) is 24.3 Å². The van der Waals surface area contributed by atoms with E-state index in [0.717, 1.165) is 55.4 Å². The summed E-state index contributed by atoms with van der Waals surface area (Å²) >= 11 is 0. The van der Waals surface area contributed by atoms with E-state index in [4.69, 9.17) is 4.74 Å². The molecule has 2 aromatic rings. The molecule has 1 atom stereocenters. The maximum Gasteiger partial charge on any atom is 0.253 e. The fraction of sp³-hybridized carbons (Fsp3) is 0.417. The number of benzene rings is 2. The van der Waals surface area contributed by atoms with Crippen molar-refractivity contribution in [3.63, 3.8) is 0 Å². The SMILES string of the molecule is CN=C(NCCc1cccc(C(=O)N(C)C)c1)NC1CCN(c2ccccc2OC)C1. The van der Waals surface area contributed by atoms with E-state index in [2.05, 4.69) is 26.6 Å². The molecule has 1 saturated heterocycles. The fourth-order valence-electron chi connectivity index (χ4n) is 3.82. The lowest BCUT2D eigenvalue weighted by Crippen LogP contribution is -2.45. The van der Waals surface area contributed by atoms with Crippen molar-refractivity contribution in [2.45, 2.75) is 18.9 Å². The number of aliphatic imine (C=N–C) groups is 1. The predicted molar refractivity (Wildman–Crippen MR) is 126 cm³/mol. The van der Waals surface area contributed by atoms with Crippen molar-refractivity contribution in [3.05, 3.63) is 59.7 Å². The summed E-state index contributed by atoms with van der Waals surface area (Å²) in [5.74, 6) is 1.72. The van der Waals surface area contributed by atoms with Crippen LogP contribution in [0.5, 0.6) is 5.75 Å². The summed E-state index contributed by atoms with van der Waals surface area (Å²) in [7, 11) is 7.04. The molecule has 2 N–H and O–H groups in total. The Kier molecular flexibility index (Phi) is 7.76. The minimum atomic E-state index is 0.0214. The molecule has 0 radical (unpaired) electrons. The summed E-state index contributed by atoms with van der Waals surface area (Å²) in [4.78, 5) is 20.5. The van der Waals surface area contributed by atoms with Crippen LogP contribution < -0.4 is 20.3 Å². The van der Waals surface area contributed by atoms with Crippen LogP contribution in [0, 0.1) is 0 Å². The Morgan fingerprint density at radius 3 is 2.77 bits per heavy atom. The zero-order valence-electron chi connectivity index (χ0n) is 18.9. The van der Waals surface area contributed by atoms with E-state index in [0.29, 0.717) is 11.6 Å². The molecule has 3 rings (SSSR count). The van der Waals surface area contributed by atoms with Crippen LogP contribution in [-0.2, 0) is 6.42 Å². The lowest BCUT2D eigenvalue weighted by molar-refractivity contribution is 0.0827. The molecule has 31 heavy (non-hydrogen) atoms. The molecule has 7 nitrogen and oxygen atoms in total. The summed E-state index contributed by atoms with van der Waals surface area (Å²) in [6.07, 6.45) is 1.85. The normalized spacial score (nSPS) is 16.2. The van der Waals surface area contributed by atoms with E-state index in [1.54, 1.807) is 33.2 Å². The van der Waals surface area contributed by atoms with E-state index < -0.39 is 0 Å². The fourth-order valence-corrected chi connectivity index (χ4v) is 3.82. The highest BCUT2D eigenvalue weighted by atomic mass is 16.5. The lowest BCUT2D eigenvalue weighted by atomic mass is 10.1. The van der Waals surface area contributed by atoms with Gasteiger partial charge in [-0.3, -0.25) is 9.79 Å². The van der Waals surface area contributed by atoms with Crippen molar-refractivity contribution < 1.29 is 9.53 Å². The molecular weight excluding hydrogens is 390 g/mol. The molecule has 0 spiro atoms. The molecule has 0 saturated carbocycles. The van der Waals surface area contributed by atoms with Gasteiger partial charge in [0, 0.05) is 52.4 Å². The Morgan fingerprint density at radius 1 is 1.23 bits per heavy atom. The second-order valence-electron chi connectivity index (χ2n) is 7.90. The molecule has 0 aromatic heterocycles. The number of ether oxygens (including phenoxy) is 1. The molecule has 1 aliphatic heterocycles. The first-order valence-corrected chi connectivity index (χ1v) is 10.7. The number of hydrogen-bond acceptors (Lipinski definition) is 4. The molecule has 0 bridgehead atoms. The van der Waals surface area contributed by atoms with Gasteiger partial charge in [0.05, 0.1) is 12.8 Å². The number of amides is 1. The highest BCUT2D eigenvalue weighted by molar-refractivity contribution is 5.94. The van der Waals surface area contributed by atoms with Crippen molar-refractivity contribution in [3.8, 4) is 5.75 Å². The number of carbonyl (C=O) groups is 1. The molecule has 7 heteroatoms. The van der Waals surface area contributed by atoms with Crippen LogP contribution in [0.2, 0.25) is 0 Å². The Labute approximate surface area is 185 Å². The van der Waals surface area contributed by atoms with Crippen LogP contribution >= 0.6 is 0 Å². The van der Waals surface area contributed by atoms with Gasteiger partial charge < -0.3 is 25.2 Å². The smallest absolute Gasteiger partial charge is 0.253 e. The highest BCUT2D eigenvalue weighted by Gasteiger charge is 2.25. The molecule has 1 heterocycles. The highest BCUT2D eigenvalue weighted by Crippen LogP contribution is 2.30. The van der Waals surface area contributed by atoms with Gasteiger partial charge in [-0.25, -0.2) is 0 Å². The molecular formula is C24H33N5O2. The van der Waals surface area contributed by atoms with Gasteiger partial charge in [0.1, 0.15) is 5.75 Å². The molecule has 1 fully saturated rings. The minimum Gasteiger partial charge on any atom is -0.495 e. The number of nitrogens with one attached hydrogen (secondary N) is 2. The van der Waals surface area contributed by atoms with E-state index in [-0.39, 0.29) is 5.91 Å². The number of methoxy groups -OCH3 is 1. The van der Waals surface area contributed by atoms with Crippen LogP contribution in [0.4, 0.5) is 5.69 Å². The molecule has 0 aliphatic carbocycles. The average Bonchev–Trinajstić information content (AvgIpc) is 3.26. The van der Waals surface area contributed by atoms with Crippen LogP contribution in [0.1, 0.15) is 22.3 Å². The Hall–Kier alpha value is -3.22. The molecule has 1 unspecified atom stereocenters. The van der Waals surface area contributed by atoms with Gasteiger partial charge in [0.15, 0.2) is 5.96 Å². The lowest BCUT2D eigenvalue weighted by Gasteiger charge is -2.22. The zero-order valence-corrected chi connectivity index (χ0v) is 18.9. The van der Waals surface area contributed by atoms with E-state index >= 15 is 0 Å². The van der Waals surface area contributed by atoms with Crippen LogP contribution in [0.15, 0.2) is 53.5 Å². The number of nitrogens with zero attached hydrogens (tertiary/aromatic N) is 3. The number of para-hydroxylation sites is 2. The van der Waals surface area contributed by atoms with Gasteiger partial charge in [0.2, 0.25) is 0 Å². The Balaban J connectivity index is 1.49. The summed E-state index contributed by atoms with van der Waals surface area (Å²) < 4.78 is 5.50. The van der Waals surface area contributed by atoms with Crippen molar-refractivity contribution >= 4 is 17.6 Å². The topological polar surface area (TPSA) is 69.2 Å². The van der Waals surface area contributed by atoms with Crippen LogP contribution in [0.3, 0.4) is 0 Å². The quantitative estimate of drug-likeness (QED) is 0.529. The molecule has 166 valence electrons. The maximum atomic E-state index is 12.2. The van der Waals surface area contributed by atoms with Crippen molar-refractivity contribution in [2.75, 3.05) is 52.8 Å². The number of anilines is 1. The number of hydrogen-bond donors (Lipinski definition) is 2. The second-order valence-corrected chi connectivity index (χ2v) is 7.90. The Morgan fingerprint density at radius 2 is 2.03 bits per heavy atom. The number of guanidine groups is 1. The third-order valence-electron chi connectivity index (χ3n) is 5.46. The van der Waals surface area contributed by atoms with Gasteiger partial charge in [-0.15, -0.1) is 0 Å². The summed E-state index contributed by atoms with van der Waals surface area (Å²) in [6.45, 7) is 2.61. The van der Waals surface area contributed by atoms with Gasteiger partial charge >= 0.3 is 0 Å². The predicted octanol–water partition coefficient (Wildman–Crippen LogP) is 2.38. The largest absolute Gasteiger partial charge is 0.495 e. The Bertz CT molecular complexity index is 912. The summed E-state index contributed by atoms with van der Waals surface area (Å²) in [5, 5.41) is 6.92. The van der Waals surface area contributed by atoms with Crippen molar-refractivity contribution in [2.24, 2.45) is 4.99 Å². The van der Waals surface area contributed by atoms with Crippen molar-refractivity contribution in [1.82, 2.24) is 15.5 Å². The third kappa shape index (κ3) is 5.90. The first-order valence-electron chi connectivity index (χ1n) is 10.7. The average molecular weight is 424 g/mol.